The van der Waals surface area contributed by atoms with Crippen molar-refractivity contribution >= 4 is 17.0 Å². The third-order valence-corrected chi connectivity index (χ3v) is 2.99. The molecule has 3 aromatic rings. The van der Waals surface area contributed by atoms with Crippen molar-refractivity contribution in [1.29, 1.82) is 0 Å². The Balaban J connectivity index is 2.00. The maximum Gasteiger partial charge on any atom is 0.201 e. The van der Waals surface area contributed by atoms with E-state index in [-0.39, 0.29) is 6.04 Å². The van der Waals surface area contributed by atoms with Gasteiger partial charge in [0.15, 0.2) is 0 Å². The van der Waals surface area contributed by atoms with E-state index in [1.807, 2.05) is 21.4 Å². The van der Waals surface area contributed by atoms with E-state index in [1.54, 1.807) is 24.9 Å². The highest BCUT2D eigenvalue weighted by atomic mass is 15.2. The molecule has 0 saturated heterocycles. The van der Waals surface area contributed by atoms with Crippen molar-refractivity contribution in [1.82, 2.24) is 24.1 Å². The largest absolute Gasteiger partial charge is 0.369 e. The topological polar surface area (TPSA) is 74.5 Å². The number of nitrogens with zero attached hydrogens (tertiary/aromatic N) is 5. The number of hydrogen-bond donors (Lipinski definition) is 1. The van der Waals surface area contributed by atoms with Crippen molar-refractivity contribution in [3.8, 4) is 0 Å². The zero-order valence-electron chi connectivity index (χ0n) is 10.1. The van der Waals surface area contributed by atoms with E-state index in [4.69, 9.17) is 5.73 Å². The second-order valence-corrected chi connectivity index (χ2v) is 4.31. The molecule has 1 atom stereocenters. The lowest BCUT2D eigenvalue weighted by atomic mass is 10.3. The second kappa shape index (κ2) is 4.14. The summed E-state index contributed by atoms with van der Waals surface area (Å²) in [6, 6.07) is 2.13. The summed E-state index contributed by atoms with van der Waals surface area (Å²) in [6.07, 6.45) is 8.99. The van der Waals surface area contributed by atoms with Crippen LogP contribution in [0.15, 0.2) is 37.2 Å². The summed E-state index contributed by atoms with van der Waals surface area (Å²) in [5.41, 5.74) is 7.82. The van der Waals surface area contributed by atoms with Crippen molar-refractivity contribution in [3.63, 3.8) is 0 Å². The standard InChI is InChI=1S/C12H14N6/c1-9(7-17-5-4-15-8-17)18-11-2-3-14-6-10(11)16-12(18)13/h2-6,8-9H,7H2,1H3,(H2,13,16). The van der Waals surface area contributed by atoms with Gasteiger partial charge in [0, 0.05) is 25.1 Å². The Morgan fingerprint density at radius 1 is 1.33 bits per heavy atom. The van der Waals surface area contributed by atoms with Gasteiger partial charge in [0.2, 0.25) is 5.95 Å². The summed E-state index contributed by atoms with van der Waals surface area (Å²) >= 11 is 0. The number of imidazole rings is 2. The molecule has 18 heavy (non-hydrogen) atoms. The molecule has 0 amide bonds. The van der Waals surface area contributed by atoms with Crippen LogP contribution in [0.2, 0.25) is 0 Å². The number of pyridine rings is 1. The Bertz CT molecular complexity index is 654. The zero-order chi connectivity index (χ0) is 12.5. The molecule has 2 N–H and O–H groups in total. The van der Waals surface area contributed by atoms with Crippen LogP contribution in [-0.4, -0.2) is 24.1 Å². The molecule has 3 rings (SSSR count). The Labute approximate surface area is 104 Å². The first-order valence-corrected chi connectivity index (χ1v) is 5.79. The van der Waals surface area contributed by atoms with Crippen LogP contribution in [-0.2, 0) is 6.54 Å². The third-order valence-electron chi connectivity index (χ3n) is 2.99. The molecule has 3 heterocycles. The highest BCUT2D eigenvalue weighted by molar-refractivity contribution is 5.77. The zero-order valence-corrected chi connectivity index (χ0v) is 10.1. The van der Waals surface area contributed by atoms with Crippen molar-refractivity contribution in [3.05, 3.63) is 37.2 Å². The van der Waals surface area contributed by atoms with E-state index in [0.29, 0.717) is 5.95 Å². The van der Waals surface area contributed by atoms with Gasteiger partial charge in [-0.25, -0.2) is 9.97 Å². The number of nitrogens with two attached hydrogens (primary N) is 1. The van der Waals surface area contributed by atoms with E-state index in [1.165, 1.54) is 0 Å². The van der Waals surface area contributed by atoms with Gasteiger partial charge < -0.3 is 14.9 Å². The number of aromatic nitrogens is 5. The molecule has 6 heteroatoms. The minimum Gasteiger partial charge on any atom is -0.369 e. The average molecular weight is 242 g/mol. The van der Waals surface area contributed by atoms with E-state index in [9.17, 15) is 0 Å². The first kappa shape index (κ1) is 10.8. The smallest absolute Gasteiger partial charge is 0.201 e. The lowest BCUT2D eigenvalue weighted by molar-refractivity contribution is 0.479. The summed E-state index contributed by atoms with van der Waals surface area (Å²) in [7, 11) is 0. The summed E-state index contributed by atoms with van der Waals surface area (Å²) in [5.74, 6) is 0.519. The fourth-order valence-corrected chi connectivity index (χ4v) is 2.21. The first-order valence-electron chi connectivity index (χ1n) is 5.79. The van der Waals surface area contributed by atoms with Gasteiger partial charge in [-0.3, -0.25) is 4.98 Å². The van der Waals surface area contributed by atoms with Gasteiger partial charge >= 0.3 is 0 Å². The van der Waals surface area contributed by atoms with Gasteiger partial charge in [-0.15, -0.1) is 0 Å². The van der Waals surface area contributed by atoms with Crippen molar-refractivity contribution in [2.24, 2.45) is 0 Å². The molecule has 0 aliphatic carbocycles. The van der Waals surface area contributed by atoms with Crippen LogP contribution in [0.25, 0.3) is 11.0 Å². The monoisotopic (exact) mass is 242 g/mol. The summed E-state index contributed by atoms with van der Waals surface area (Å²) in [5, 5.41) is 0. The maximum absolute atomic E-state index is 5.98. The van der Waals surface area contributed by atoms with E-state index in [2.05, 4.69) is 21.9 Å². The second-order valence-electron chi connectivity index (χ2n) is 4.31. The molecule has 3 aromatic heterocycles. The molecule has 0 aromatic carbocycles. The van der Waals surface area contributed by atoms with E-state index < -0.39 is 0 Å². The summed E-state index contributed by atoms with van der Waals surface area (Å²) < 4.78 is 4.05. The highest BCUT2D eigenvalue weighted by Crippen LogP contribution is 2.22. The average Bonchev–Trinajstić information content (AvgIpc) is 2.94. The van der Waals surface area contributed by atoms with Gasteiger partial charge in [0.25, 0.3) is 0 Å². The molecule has 0 bridgehead atoms. The van der Waals surface area contributed by atoms with Gasteiger partial charge in [-0.05, 0) is 13.0 Å². The summed E-state index contributed by atoms with van der Waals surface area (Å²) in [4.78, 5) is 12.4. The van der Waals surface area contributed by atoms with Crippen LogP contribution in [0.1, 0.15) is 13.0 Å². The lowest BCUT2D eigenvalue weighted by Gasteiger charge is -2.16. The Hall–Kier alpha value is -2.37. The highest BCUT2D eigenvalue weighted by Gasteiger charge is 2.14. The molecule has 0 saturated carbocycles. The number of rotatable bonds is 3. The Kier molecular flexibility index (Phi) is 2.47. The normalized spacial score (nSPS) is 12.9. The van der Waals surface area contributed by atoms with Crippen molar-refractivity contribution in [2.75, 3.05) is 5.73 Å². The fourth-order valence-electron chi connectivity index (χ4n) is 2.21. The predicted molar refractivity (Wildman–Crippen MR) is 68.9 cm³/mol. The number of fused-ring (bicyclic) bond motifs is 1. The SMILES string of the molecule is CC(Cn1ccnc1)n1c(N)nc2cnccc21. The molecule has 0 radical (unpaired) electrons. The Morgan fingerprint density at radius 3 is 3.00 bits per heavy atom. The van der Waals surface area contributed by atoms with Crippen LogP contribution < -0.4 is 5.73 Å². The van der Waals surface area contributed by atoms with E-state index in [0.717, 1.165) is 17.6 Å². The van der Waals surface area contributed by atoms with Crippen LogP contribution in [0.5, 0.6) is 0 Å². The third kappa shape index (κ3) is 1.71. The minimum atomic E-state index is 0.201. The van der Waals surface area contributed by atoms with Crippen LogP contribution in [0.3, 0.4) is 0 Å². The lowest BCUT2D eigenvalue weighted by Crippen LogP contribution is -2.14. The minimum absolute atomic E-state index is 0.201. The van der Waals surface area contributed by atoms with Crippen LogP contribution >= 0.6 is 0 Å². The quantitative estimate of drug-likeness (QED) is 0.754. The Morgan fingerprint density at radius 2 is 2.22 bits per heavy atom. The van der Waals surface area contributed by atoms with Gasteiger partial charge in [-0.1, -0.05) is 0 Å². The van der Waals surface area contributed by atoms with Crippen LogP contribution in [0.4, 0.5) is 5.95 Å². The maximum atomic E-state index is 5.98. The molecule has 0 fully saturated rings. The van der Waals surface area contributed by atoms with Gasteiger partial charge in [-0.2, -0.15) is 0 Å². The molecule has 0 aliphatic rings. The van der Waals surface area contributed by atoms with Gasteiger partial charge in [0.1, 0.15) is 5.52 Å². The molecule has 0 spiro atoms. The fraction of sp³-hybridized carbons (Fsp3) is 0.250. The van der Waals surface area contributed by atoms with E-state index >= 15 is 0 Å². The molecule has 0 aliphatic heterocycles. The first-order chi connectivity index (χ1) is 8.75. The summed E-state index contributed by atoms with van der Waals surface area (Å²) in [6.45, 7) is 2.91. The van der Waals surface area contributed by atoms with Crippen molar-refractivity contribution in [2.45, 2.75) is 19.5 Å². The number of anilines is 1. The number of nitrogen functional groups attached to an aromatic ring is 1. The van der Waals surface area contributed by atoms with Crippen LogP contribution in [0, 0.1) is 0 Å². The molecule has 6 nitrogen and oxygen atoms in total. The molecule has 1 unspecified atom stereocenters. The molecule has 92 valence electrons. The van der Waals surface area contributed by atoms with Gasteiger partial charge in [0.05, 0.1) is 24.1 Å². The molecular formula is C12H14N6. The molecular weight excluding hydrogens is 228 g/mol. The predicted octanol–water partition coefficient (Wildman–Crippen LogP) is 1.47. The van der Waals surface area contributed by atoms with Crippen molar-refractivity contribution < 1.29 is 0 Å². The number of hydrogen-bond acceptors (Lipinski definition) is 4.